The highest BCUT2D eigenvalue weighted by Gasteiger charge is 2.51. The van der Waals surface area contributed by atoms with Gasteiger partial charge in [0.05, 0.1) is 47.9 Å². The summed E-state index contributed by atoms with van der Waals surface area (Å²) in [6.45, 7) is 22.2. The zero-order valence-corrected chi connectivity index (χ0v) is 54.9. The number of carboxylic acid groups (broad SMARTS) is 1. The molecule has 0 aliphatic carbocycles. The standard InChI is InChI=1S/C63H104N6O16S/c1-17-21-42(22-19-24-43-30-47(67(12)13)53(72)60(77)82-43)23-20-28-80-66-51-37(3)32-61(8,9)33-38(4)54(40(6)59(76)83-48(18-2)63(11,78)55(73)39(51)5)85-50-34-62(10,79-16)56(41(7)81-50)84-49(70)25-26-64-27-29-86-44-31-45-52(71)46(58(74)75)36-69(68(14)15)57(45)65-35-44/h21,31,35-41,43,47-48,50,53-56,60,64,72-73,77-78H,17-20,22-30,32-34H2,1-16H3,(H,74,75)/b42-21+,66-51+/t37-,38-,39+,40-,41+,43-,47+,48-,50+,53-,54+,55-,56+,60-,62-,63-/m1/s1. The van der Waals surface area contributed by atoms with E-state index in [2.05, 4.69) is 44.1 Å². The average molecular weight is 1230 g/mol. The third-order valence-electron chi connectivity index (χ3n) is 17.6. The van der Waals surface area contributed by atoms with Crippen LogP contribution in [0.4, 0.5) is 0 Å². The maximum Gasteiger partial charge on any atom is 0.341 e. The number of aliphatic hydroxyl groups excluding tert-OH is 3. The lowest BCUT2D eigenvalue weighted by Crippen LogP contribution is -2.59. The van der Waals surface area contributed by atoms with Crippen molar-refractivity contribution in [1.29, 1.82) is 0 Å². The second-order valence-electron chi connectivity index (χ2n) is 25.8. The van der Waals surface area contributed by atoms with Gasteiger partial charge in [0, 0.05) is 75.7 Å². The number of thioether (sulfide) groups is 1. The summed E-state index contributed by atoms with van der Waals surface area (Å²) < 4.78 is 39.0. The number of rotatable bonds is 25. The first-order chi connectivity index (χ1) is 40.4. The van der Waals surface area contributed by atoms with Crippen LogP contribution in [0, 0.1) is 29.1 Å². The smallest absolute Gasteiger partial charge is 0.341 e. The molecule has 3 saturated heterocycles. The van der Waals surface area contributed by atoms with E-state index < -0.39 is 95.6 Å². The van der Waals surface area contributed by atoms with Gasteiger partial charge in [0.15, 0.2) is 24.3 Å². The van der Waals surface area contributed by atoms with Crippen LogP contribution in [0.3, 0.4) is 0 Å². The highest BCUT2D eigenvalue weighted by atomic mass is 32.2. The zero-order chi connectivity index (χ0) is 64.0. The van der Waals surface area contributed by atoms with Gasteiger partial charge in [0.25, 0.3) is 0 Å². The van der Waals surface area contributed by atoms with Gasteiger partial charge in [-0.1, -0.05) is 65.3 Å². The Labute approximate surface area is 514 Å². The topological polar surface area (TPSA) is 283 Å². The van der Waals surface area contributed by atoms with Crippen LogP contribution < -0.4 is 15.8 Å². The van der Waals surface area contributed by atoms with Crippen molar-refractivity contribution in [2.24, 2.45) is 34.2 Å². The van der Waals surface area contributed by atoms with Crippen molar-refractivity contribution in [3.63, 3.8) is 0 Å². The summed E-state index contributed by atoms with van der Waals surface area (Å²) in [6.07, 6.45) is 4.46. The van der Waals surface area contributed by atoms with Crippen molar-refractivity contribution in [2.75, 3.05) is 65.8 Å². The number of likely N-dealkylation sites (N-methyl/N-ethyl adjacent to an activating group) is 1. The molecule has 0 bridgehead atoms. The second kappa shape index (κ2) is 32.5. The molecule has 86 heavy (non-hydrogen) atoms. The molecule has 22 nitrogen and oxygen atoms in total. The molecule has 0 unspecified atom stereocenters. The predicted molar refractivity (Wildman–Crippen MR) is 331 cm³/mol. The van der Waals surface area contributed by atoms with Crippen molar-refractivity contribution in [3.8, 4) is 0 Å². The molecule has 16 atom stereocenters. The number of allylic oxidation sites excluding steroid dienone is 2. The number of carboxylic acids is 1. The van der Waals surface area contributed by atoms with Crippen LogP contribution in [-0.2, 0) is 42.8 Å². The number of aromatic carboxylic acids is 1. The predicted octanol–water partition coefficient (Wildman–Crippen LogP) is 7.06. The van der Waals surface area contributed by atoms with E-state index in [1.807, 2.05) is 39.8 Å². The van der Waals surface area contributed by atoms with Gasteiger partial charge in [0.2, 0.25) is 5.43 Å². The largest absolute Gasteiger partial charge is 0.477 e. The van der Waals surface area contributed by atoms with Crippen molar-refractivity contribution in [1.82, 2.24) is 19.9 Å². The number of nitrogens with zero attached hydrogens (tertiary/aromatic N) is 5. The second-order valence-corrected chi connectivity index (χ2v) is 27.0. The van der Waals surface area contributed by atoms with E-state index in [0.29, 0.717) is 67.4 Å². The quantitative estimate of drug-likeness (QED) is 0.0191. The molecule has 2 aromatic rings. The zero-order valence-electron chi connectivity index (χ0n) is 54.1. The normalized spacial score (nSPS) is 32.9. The van der Waals surface area contributed by atoms with Crippen molar-refractivity contribution < 1.29 is 73.2 Å². The van der Waals surface area contributed by atoms with Crippen molar-refractivity contribution in [3.05, 3.63) is 45.9 Å². The highest BCUT2D eigenvalue weighted by Crippen LogP contribution is 2.42. The number of nitrogens with one attached hydrogen (secondary N) is 1. The van der Waals surface area contributed by atoms with E-state index in [1.54, 1.807) is 59.2 Å². The number of aliphatic hydroxyl groups is 4. The highest BCUT2D eigenvalue weighted by molar-refractivity contribution is 7.99. The molecular formula is C63H104N6O16S. The Balaban J connectivity index is 1.20. The van der Waals surface area contributed by atoms with Crippen molar-refractivity contribution >= 4 is 46.4 Å². The summed E-state index contributed by atoms with van der Waals surface area (Å²) in [7, 11) is 8.79. The Morgan fingerprint density at radius 2 is 1.65 bits per heavy atom. The molecule has 488 valence electrons. The van der Waals surface area contributed by atoms with Crippen LogP contribution in [0.25, 0.3) is 11.0 Å². The van der Waals surface area contributed by atoms with Crippen LogP contribution in [0.5, 0.6) is 0 Å². The Morgan fingerprint density at radius 3 is 2.29 bits per heavy atom. The molecule has 3 aliphatic heterocycles. The van der Waals surface area contributed by atoms with Crippen LogP contribution in [0.15, 0.2) is 45.0 Å². The van der Waals surface area contributed by atoms with Crippen LogP contribution in [0.2, 0.25) is 0 Å². The number of pyridine rings is 2. The minimum Gasteiger partial charge on any atom is -0.477 e. The van der Waals surface area contributed by atoms with Gasteiger partial charge < -0.3 is 74.0 Å². The molecule has 3 aliphatic rings. The summed E-state index contributed by atoms with van der Waals surface area (Å²) in [5.74, 6) is -3.75. The van der Waals surface area contributed by atoms with E-state index >= 15 is 0 Å². The molecule has 2 aromatic heterocycles. The van der Waals surface area contributed by atoms with Gasteiger partial charge in [0.1, 0.15) is 35.6 Å². The van der Waals surface area contributed by atoms with Gasteiger partial charge in [-0.3, -0.25) is 14.4 Å². The minimum atomic E-state index is -1.89. The Morgan fingerprint density at radius 1 is 0.953 bits per heavy atom. The van der Waals surface area contributed by atoms with Gasteiger partial charge in [-0.25, -0.2) is 14.5 Å². The van der Waals surface area contributed by atoms with Gasteiger partial charge in [-0.05, 0) is 129 Å². The Hall–Kier alpha value is -4.27. The summed E-state index contributed by atoms with van der Waals surface area (Å²) in [5, 5.41) is 64.5. The summed E-state index contributed by atoms with van der Waals surface area (Å²) in [6, 6.07) is 1.47. The molecule has 0 radical (unpaired) electrons. The number of aromatic nitrogens is 2. The third-order valence-corrected chi connectivity index (χ3v) is 18.6. The van der Waals surface area contributed by atoms with Gasteiger partial charge in [-0.2, -0.15) is 0 Å². The van der Waals surface area contributed by atoms with Gasteiger partial charge >= 0.3 is 17.9 Å². The summed E-state index contributed by atoms with van der Waals surface area (Å²) in [4.78, 5) is 65.8. The molecular weight excluding hydrogens is 1130 g/mol. The fourth-order valence-electron chi connectivity index (χ4n) is 13.0. The van der Waals surface area contributed by atoms with Crippen LogP contribution in [0.1, 0.15) is 164 Å². The van der Waals surface area contributed by atoms with E-state index in [9.17, 15) is 44.7 Å². The number of carbonyl (C=O) groups excluding carboxylic acids is 2. The summed E-state index contributed by atoms with van der Waals surface area (Å²) in [5.41, 5.74) is -2.02. The Bertz CT molecular complexity index is 2650. The van der Waals surface area contributed by atoms with E-state index in [1.165, 1.54) is 35.1 Å². The molecule has 0 aromatic carbocycles. The summed E-state index contributed by atoms with van der Waals surface area (Å²) >= 11 is 1.43. The first kappa shape index (κ1) is 72.5. The Kier molecular flexibility index (Phi) is 27.4. The molecule has 5 rings (SSSR count). The number of hydrogen-bond acceptors (Lipinski definition) is 21. The number of carbonyl (C=O) groups is 3. The first-order valence-electron chi connectivity index (χ1n) is 30.9. The maximum absolute atomic E-state index is 14.4. The number of hydrogen-bond donors (Lipinski definition) is 6. The minimum absolute atomic E-state index is 0.0550. The maximum atomic E-state index is 14.4. The van der Waals surface area contributed by atoms with E-state index in [4.69, 9.17) is 38.4 Å². The number of cyclic esters (lactones) is 1. The molecule has 6 N–H and O–H groups in total. The molecule has 0 saturated carbocycles. The fourth-order valence-corrected chi connectivity index (χ4v) is 13.8. The molecule has 0 amide bonds. The van der Waals surface area contributed by atoms with Crippen LogP contribution >= 0.6 is 11.8 Å². The number of oxime groups is 1. The molecule has 3 fully saturated rings. The average Bonchev–Trinajstić information content (AvgIpc) is 1.03. The first-order valence-corrected chi connectivity index (χ1v) is 31.9. The lowest BCUT2D eigenvalue weighted by atomic mass is 9.71. The third kappa shape index (κ3) is 19.1. The number of ether oxygens (including phenoxy) is 6. The van der Waals surface area contributed by atoms with Crippen LogP contribution in [-0.4, -0.2) is 197 Å². The lowest BCUT2D eigenvalue weighted by Gasteiger charge is -2.47. The number of esters is 2. The monoisotopic (exact) mass is 1230 g/mol. The molecule has 0 spiro atoms. The SMILES string of the molecule is CC/C=C(/CCCO/N=C1\[C@H](C)CC(C)(C)C[C@@H](C)[C@H](O[C@H]2C[C@@](C)(OC)[C@@H](OC(=O)CCNCCSc3cnc4c(c3)c(=O)c(C(=O)O)cn4N(C)C)[C@H](C)O2)[C@@H](C)C(=O)O[C@H](CC)[C@@](C)(O)[C@H](O)[C@H]1C)CCC[C@@H]1C[C@H](N(C)C)[C@@H](O)[C@H](O)O1. The van der Waals surface area contributed by atoms with Crippen molar-refractivity contribution in [2.45, 2.75) is 231 Å². The fraction of sp³-hybridized carbons (Fsp3) is 0.778. The lowest BCUT2D eigenvalue weighted by molar-refractivity contribution is -0.299. The van der Waals surface area contributed by atoms with E-state index in [0.717, 1.165) is 32.1 Å². The number of fused-ring (bicyclic) bond motifs is 1. The number of methoxy groups -OCH3 is 1. The van der Waals surface area contributed by atoms with E-state index in [-0.39, 0.29) is 59.6 Å². The molecule has 23 heteroatoms. The molecule has 5 heterocycles. The van der Waals surface area contributed by atoms with Gasteiger partial charge in [-0.15, -0.1) is 11.8 Å².